The predicted molar refractivity (Wildman–Crippen MR) is 83.6 cm³/mol. The number of carbonyl (C=O) groups is 1. The van der Waals surface area contributed by atoms with Gasteiger partial charge in [-0.05, 0) is 48.2 Å². The van der Waals surface area contributed by atoms with Crippen LogP contribution in [0, 0.1) is 5.82 Å². The van der Waals surface area contributed by atoms with E-state index in [1.807, 2.05) is 30.3 Å². The zero-order chi connectivity index (χ0) is 14.8. The first-order valence-electron chi connectivity index (χ1n) is 6.95. The topological polar surface area (TPSA) is 20.3 Å². The lowest BCUT2D eigenvalue weighted by Gasteiger charge is -2.21. The Balaban J connectivity index is 1.87. The summed E-state index contributed by atoms with van der Waals surface area (Å²) >= 11 is 3.29. The van der Waals surface area contributed by atoms with Crippen LogP contribution in [0.4, 0.5) is 4.39 Å². The van der Waals surface area contributed by atoms with E-state index in [4.69, 9.17) is 0 Å². The summed E-state index contributed by atoms with van der Waals surface area (Å²) in [5, 5.41) is 0. The van der Waals surface area contributed by atoms with Crippen LogP contribution in [0.1, 0.15) is 27.9 Å². The number of amides is 1. The molecule has 0 fully saturated rings. The van der Waals surface area contributed by atoms with Gasteiger partial charge in [0.15, 0.2) is 0 Å². The van der Waals surface area contributed by atoms with Crippen LogP contribution in [0.3, 0.4) is 0 Å². The van der Waals surface area contributed by atoms with Gasteiger partial charge in [-0.15, -0.1) is 0 Å². The number of hydrogen-bond donors (Lipinski definition) is 0. The third-order valence-corrected chi connectivity index (χ3v) is 4.16. The normalized spacial score (nSPS) is 14.8. The molecule has 4 heteroatoms. The minimum Gasteiger partial charge on any atom is -0.334 e. The van der Waals surface area contributed by atoms with E-state index in [9.17, 15) is 9.18 Å². The lowest BCUT2D eigenvalue weighted by Crippen LogP contribution is -2.30. The highest BCUT2D eigenvalue weighted by molar-refractivity contribution is 9.10. The minimum atomic E-state index is -0.290. The van der Waals surface area contributed by atoms with E-state index in [2.05, 4.69) is 15.9 Å². The Labute approximate surface area is 131 Å². The molecule has 0 atom stereocenters. The van der Waals surface area contributed by atoms with Gasteiger partial charge >= 0.3 is 0 Å². The van der Waals surface area contributed by atoms with Gasteiger partial charge in [-0.3, -0.25) is 4.79 Å². The Morgan fingerprint density at radius 1 is 1.19 bits per heavy atom. The smallest absolute Gasteiger partial charge is 0.254 e. The number of fused-ring (bicyclic) bond motifs is 1. The molecule has 1 heterocycles. The van der Waals surface area contributed by atoms with Crippen LogP contribution in [0.2, 0.25) is 0 Å². The molecule has 1 aliphatic heterocycles. The molecule has 0 aliphatic carbocycles. The molecular formula is C17H15BrFNO. The van der Waals surface area contributed by atoms with E-state index in [1.54, 1.807) is 4.90 Å². The maximum absolute atomic E-state index is 13.5. The van der Waals surface area contributed by atoms with Crippen LogP contribution >= 0.6 is 15.9 Å². The van der Waals surface area contributed by atoms with Crippen molar-refractivity contribution in [1.82, 2.24) is 4.90 Å². The third-order valence-electron chi connectivity index (χ3n) is 3.70. The average Bonchev–Trinajstić information content (AvgIpc) is 2.59. The minimum absolute atomic E-state index is 0.0310. The van der Waals surface area contributed by atoms with Gasteiger partial charge in [-0.1, -0.05) is 34.1 Å². The lowest BCUT2D eigenvalue weighted by atomic mass is 10.0. The largest absolute Gasteiger partial charge is 0.334 e. The summed E-state index contributed by atoms with van der Waals surface area (Å²) < 4.78 is 14.2. The highest BCUT2D eigenvalue weighted by Crippen LogP contribution is 2.22. The number of rotatable bonds is 2. The van der Waals surface area contributed by atoms with E-state index in [1.165, 1.54) is 12.1 Å². The fourth-order valence-corrected chi connectivity index (χ4v) is 3.27. The van der Waals surface area contributed by atoms with Gasteiger partial charge in [0.05, 0.1) is 0 Å². The summed E-state index contributed by atoms with van der Waals surface area (Å²) in [7, 11) is 0. The summed E-state index contributed by atoms with van der Waals surface area (Å²) in [6, 6.07) is 12.5. The predicted octanol–water partition coefficient (Wildman–Crippen LogP) is 4.18. The van der Waals surface area contributed by atoms with Gasteiger partial charge in [0.2, 0.25) is 0 Å². The molecule has 0 bridgehead atoms. The van der Waals surface area contributed by atoms with Crippen LogP contribution < -0.4 is 0 Å². The molecule has 0 spiro atoms. The Kier molecular flexibility index (Phi) is 4.06. The molecule has 2 aromatic carbocycles. The molecular weight excluding hydrogens is 333 g/mol. The van der Waals surface area contributed by atoms with Gasteiger partial charge in [-0.25, -0.2) is 4.39 Å². The fraction of sp³-hybridized carbons (Fsp3) is 0.235. The Bertz CT molecular complexity index is 666. The number of benzene rings is 2. The molecule has 0 N–H and O–H groups in total. The fourth-order valence-electron chi connectivity index (χ4n) is 2.75. The second kappa shape index (κ2) is 5.98. The monoisotopic (exact) mass is 347 g/mol. The molecule has 21 heavy (non-hydrogen) atoms. The number of carbonyl (C=O) groups excluding carboxylic acids is 1. The maximum Gasteiger partial charge on any atom is 0.254 e. The van der Waals surface area contributed by atoms with Crippen molar-refractivity contribution in [1.29, 1.82) is 0 Å². The molecule has 0 aromatic heterocycles. The highest BCUT2D eigenvalue weighted by atomic mass is 79.9. The third kappa shape index (κ3) is 3.16. The molecule has 108 valence electrons. The van der Waals surface area contributed by atoms with E-state index in [0.29, 0.717) is 17.6 Å². The zero-order valence-corrected chi connectivity index (χ0v) is 13.1. The van der Waals surface area contributed by atoms with Crippen molar-refractivity contribution >= 4 is 21.8 Å². The summed E-state index contributed by atoms with van der Waals surface area (Å²) in [6.07, 6.45) is 1.84. The molecule has 1 aliphatic rings. The number of nitrogens with zero attached hydrogens (tertiary/aromatic N) is 1. The van der Waals surface area contributed by atoms with Crippen molar-refractivity contribution in [2.45, 2.75) is 19.4 Å². The van der Waals surface area contributed by atoms with Crippen molar-refractivity contribution in [3.63, 3.8) is 0 Å². The second-order valence-electron chi connectivity index (χ2n) is 5.27. The van der Waals surface area contributed by atoms with Gasteiger partial charge < -0.3 is 4.90 Å². The Morgan fingerprint density at radius 2 is 2.00 bits per heavy atom. The SMILES string of the molecule is O=C1c2ccccc2CCCN1Cc1cc(F)cc(Br)c1. The maximum atomic E-state index is 13.5. The average molecular weight is 348 g/mol. The second-order valence-corrected chi connectivity index (χ2v) is 6.18. The molecule has 0 saturated carbocycles. The van der Waals surface area contributed by atoms with E-state index >= 15 is 0 Å². The molecule has 0 saturated heterocycles. The number of hydrogen-bond acceptors (Lipinski definition) is 1. The van der Waals surface area contributed by atoms with Gasteiger partial charge in [0, 0.05) is 23.1 Å². The molecule has 0 radical (unpaired) electrons. The first-order chi connectivity index (χ1) is 10.1. The van der Waals surface area contributed by atoms with Crippen LogP contribution in [-0.4, -0.2) is 17.4 Å². The van der Waals surface area contributed by atoms with Crippen molar-refractivity contribution < 1.29 is 9.18 Å². The zero-order valence-electron chi connectivity index (χ0n) is 11.5. The Morgan fingerprint density at radius 3 is 2.81 bits per heavy atom. The summed E-state index contributed by atoms with van der Waals surface area (Å²) in [6.45, 7) is 1.13. The van der Waals surface area contributed by atoms with E-state index in [0.717, 1.165) is 29.5 Å². The Hall–Kier alpha value is -1.68. The van der Waals surface area contributed by atoms with Crippen LogP contribution in [0.5, 0.6) is 0 Å². The highest BCUT2D eigenvalue weighted by Gasteiger charge is 2.22. The van der Waals surface area contributed by atoms with Crippen molar-refractivity contribution in [3.05, 3.63) is 69.4 Å². The molecule has 2 nitrogen and oxygen atoms in total. The number of halogens is 2. The summed E-state index contributed by atoms with van der Waals surface area (Å²) in [5.74, 6) is -0.259. The first kappa shape index (κ1) is 14.3. The van der Waals surface area contributed by atoms with Crippen LogP contribution in [0.25, 0.3) is 0 Å². The van der Waals surface area contributed by atoms with Gasteiger partial charge in [0.1, 0.15) is 5.82 Å². The first-order valence-corrected chi connectivity index (χ1v) is 7.75. The van der Waals surface area contributed by atoms with Gasteiger partial charge in [-0.2, -0.15) is 0 Å². The summed E-state index contributed by atoms with van der Waals surface area (Å²) in [5.41, 5.74) is 2.67. The molecule has 2 aromatic rings. The quantitative estimate of drug-likeness (QED) is 0.798. The molecule has 1 amide bonds. The van der Waals surface area contributed by atoms with E-state index in [-0.39, 0.29) is 11.7 Å². The lowest BCUT2D eigenvalue weighted by molar-refractivity contribution is 0.0748. The van der Waals surface area contributed by atoms with Crippen LogP contribution in [0.15, 0.2) is 46.9 Å². The van der Waals surface area contributed by atoms with Crippen molar-refractivity contribution in [2.75, 3.05) is 6.54 Å². The van der Waals surface area contributed by atoms with Crippen molar-refractivity contribution in [3.8, 4) is 0 Å². The standard InChI is InChI=1S/C17H15BrFNO/c18-14-8-12(9-15(19)10-14)11-20-7-3-5-13-4-1-2-6-16(13)17(20)21/h1-2,4,6,8-10H,3,5,7,11H2. The van der Waals surface area contributed by atoms with E-state index < -0.39 is 0 Å². The summed E-state index contributed by atoms with van der Waals surface area (Å²) in [4.78, 5) is 14.4. The molecule has 0 unspecified atom stereocenters. The number of aryl methyl sites for hydroxylation is 1. The van der Waals surface area contributed by atoms with Crippen molar-refractivity contribution in [2.24, 2.45) is 0 Å². The van der Waals surface area contributed by atoms with Gasteiger partial charge in [0.25, 0.3) is 5.91 Å². The van der Waals surface area contributed by atoms with Crippen LogP contribution in [-0.2, 0) is 13.0 Å². The molecule has 3 rings (SSSR count).